The molecule has 0 unspecified atom stereocenters. The molecule has 9 nitrogen and oxygen atoms in total. The van der Waals surface area contributed by atoms with Crippen LogP contribution in [0.25, 0.3) is 50.0 Å². The Morgan fingerprint density at radius 3 is 1.89 bits per heavy atom. The summed E-state index contributed by atoms with van der Waals surface area (Å²) in [6.07, 6.45) is 1.61. The molecule has 0 saturated heterocycles. The van der Waals surface area contributed by atoms with Crippen molar-refractivity contribution in [2.45, 2.75) is 6.54 Å². The van der Waals surface area contributed by atoms with Crippen LogP contribution in [0.4, 0.5) is 5.69 Å². The first-order chi connectivity index (χ1) is 23.0. The summed E-state index contributed by atoms with van der Waals surface area (Å²) in [5.41, 5.74) is 8.85. The number of carbonyl (C=O) groups is 1. The lowest BCUT2D eigenvalue weighted by molar-refractivity contribution is -0.384. The lowest BCUT2D eigenvalue weighted by Crippen LogP contribution is -2.25. The number of aromatic nitrogens is 2. The van der Waals surface area contributed by atoms with E-state index in [1.54, 1.807) is 30.5 Å². The first-order valence-corrected chi connectivity index (χ1v) is 14.9. The number of rotatable bonds is 8. The molecule has 0 atom stereocenters. The fraction of sp³-hybridized carbons (Fsp3) is 0.0263. The van der Waals surface area contributed by atoms with Crippen LogP contribution in [0, 0.1) is 10.1 Å². The van der Waals surface area contributed by atoms with Crippen molar-refractivity contribution in [3.05, 3.63) is 165 Å². The molecule has 2 heterocycles. The molecule has 7 rings (SSSR count). The molecule has 1 amide bonds. The summed E-state index contributed by atoms with van der Waals surface area (Å²) in [4.78, 5) is 37.4. The van der Waals surface area contributed by atoms with Gasteiger partial charge in [-0.05, 0) is 53.6 Å². The summed E-state index contributed by atoms with van der Waals surface area (Å²) in [5, 5.41) is 16.8. The van der Waals surface area contributed by atoms with E-state index >= 15 is 0 Å². The van der Waals surface area contributed by atoms with Crippen molar-refractivity contribution in [1.82, 2.24) is 14.6 Å². The predicted molar refractivity (Wildman–Crippen MR) is 185 cm³/mol. The molecule has 0 radical (unpaired) electrons. The fourth-order valence-corrected chi connectivity index (χ4v) is 5.93. The highest BCUT2D eigenvalue weighted by Gasteiger charge is 2.20. The number of hydrogen-bond acceptors (Lipinski definition) is 5. The van der Waals surface area contributed by atoms with E-state index in [1.807, 2.05) is 112 Å². The molecule has 0 aliphatic heterocycles. The maximum absolute atomic E-state index is 13.3. The van der Waals surface area contributed by atoms with E-state index in [0.29, 0.717) is 21.8 Å². The Morgan fingerprint density at radius 2 is 1.30 bits per heavy atom. The van der Waals surface area contributed by atoms with E-state index in [0.717, 1.165) is 33.8 Å². The Morgan fingerprint density at radius 1 is 0.745 bits per heavy atom. The number of non-ortho nitro benzene ring substituents is 1. The topological polar surface area (TPSA) is 112 Å². The number of hydrogen-bond donors (Lipinski definition) is 1. The Balaban J connectivity index is 1.29. The lowest BCUT2D eigenvalue weighted by atomic mass is 10.1. The Labute approximate surface area is 268 Å². The van der Waals surface area contributed by atoms with Gasteiger partial charge in [0.05, 0.1) is 33.6 Å². The van der Waals surface area contributed by atoms with Crippen LogP contribution in [0.2, 0.25) is 0 Å². The van der Waals surface area contributed by atoms with Crippen LogP contribution in [0.5, 0.6) is 0 Å². The average molecular weight is 618 g/mol. The van der Waals surface area contributed by atoms with Gasteiger partial charge in [-0.1, -0.05) is 84.9 Å². The van der Waals surface area contributed by atoms with Crippen molar-refractivity contribution < 1.29 is 9.72 Å². The minimum atomic E-state index is -0.421. The number of pyridine rings is 1. The second-order valence-corrected chi connectivity index (χ2v) is 10.9. The van der Waals surface area contributed by atoms with Gasteiger partial charge in [-0.15, -0.1) is 0 Å². The number of amides is 1. The quantitative estimate of drug-likeness (QED) is 0.0832. The van der Waals surface area contributed by atoms with Crippen molar-refractivity contribution in [1.29, 1.82) is 0 Å². The molecule has 228 valence electrons. The highest BCUT2D eigenvalue weighted by molar-refractivity contribution is 5.96. The van der Waals surface area contributed by atoms with Gasteiger partial charge in [0.15, 0.2) is 5.43 Å². The monoisotopic (exact) mass is 617 g/mol. The number of nitrogens with one attached hydrogen (secondary N) is 1. The minimum Gasteiger partial charge on any atom is -0.331 e. The molecule has 0 saturated carbocycles. The molecular formula is C38H27N5O4. The van der Waals surface area contributed by atoms with Crippen molar-refractivity contribution in [2.24, 2.45) is 5.10 Å². The molecule has 0 fully saturated rings. The highest BCUT2D eigenvalue weighted by Crippen LogP contribution is 2.36. The molecule has 0 aliphatic rings. The van der Waals surface area contributed by atoms with Gasteiger partial charge in [-0.25, -0.2) is 5.43 Å². The maximum atomic E-state index is 13.3. The van der Waals surface area contributed by atoms with Crippen molar-refractivity contribution in [2.75, 3.05) is 0 Å². The van der Waals surface area contributed by atoms with Gasteiger partial charge >= 0.3 is 0 Å². The first kappa shape index (κ1) is 29.1. The normalized spacial score (nSPS) is 11.3. The van der Waals surface area contributed by atoms with Crippen LogP contribution in [-0.2, 0) is 11.3 Å². The predicted octanol–water partition coefficient (Wildman–Crippen LogP) is 7.34. The third-order valence-electron chi connectivity index (χ3n) is 8.04. The number of carbonyl (C=O) groups excluding carboxylic acids is 1. The molecule has 9 heteroatoms. The zero-order valence-electron chi connectivity index (χ0n) is 25.0. The van der Waals surface area contributed by atoms with E-state index in [4.69, 9.17) is 0 Å². The number of fused-ring (bicyclic) bond motifs is 2. The third-order valence-corrected chi connectivity index (χ3v) is 8.04. The Bertz CT molecular complexity index is 2300. The number of hydrazone groups is 1. The summed E-state index contributed by atoms with van der Waals surface area (Å²) in [6, 6.07) is 42.5. The molecule has 0 bridgehead atoms. The smallest absolute Gasteiger partial charge is 0.269 e. The standard InChI is InChI=1S/C38H27N5O4/c44-36(25-41-33-17-9-7-15-31(33)38(45)32-16-8-10-18-34(32)41)40-39-24-28-23-35(26-11-3-1-4-12-26)42(37(28)27-13-5-2-6-14-27)29-19-21-30(22-20-29)43(46)47/h1-24H,25H2,(H,40,44)/b39-24+. The first-order valence-electron chi connectivity index (χ1n) is 14.9. The Hall–Kier alpha value is -6.61. The van der Waals surface area contributed by atoms with Gasteiger partial charge in [0.1, 0.15) is 6.54 Å². The van der Waals surface area contributed by atoms with E-state index in [9.17, 15) is 19.7 Å². The maximum Gasteiger partial charge on any atom is 0.269 e. The van der Waals surface area contributed by atoms with Crippen LogP contribution < -0.4 is 10.9 Å². The summed E-state index contributed by atoms with van der Waals surface area (Å²) in [7, 11) is 0. The number of nitro benzene ring substituents is 1. The van der Waals surface area contributed by atoms with Crippen molar-refractivity contribution in [3.63, 3.8) is 0 Å². The average Bonchev–Trinajstić information content (AvgIpc) is 3.50. The molecule has 7 aromatic rings. The minimum absolute atomic E-state index is 0.00348. The SMILES string of the molecule is O=C(Cn1c2ccccc2c(=O)c2ccccc21)N/N=C/c1cc(-c2ccccc2)n(-c2ccc([N+](=O)[O-])cc2)c1-c1ccccc1. The third kappa shape index (κ3) is 5.57. The number of nitro groups is 1. The second kappa shape index (κ2) is 12.4. The van der Waals surface area contributed by atoms with Gasteiger partial charge in [0, 0.05) is 34.2 Å². The van der Waals surface area contributed by atoms with Gasteiger partial charge in [-0.2, -0.15) is 5.10 Å². The van der Waals surface area contributed by atoms with E-state index in [2.05, 4.69) is 10.5 Å². The molecule has 47 heavy (non-hydrogen) atoms. The summed E-state index contributed by atoms with van der Waals surface area (Å²) < 4.78 is 3.86. The number of para-hydroxylation sites is 2. The lowest BCUT2D eigenvalue weighted by Gasteiger charge is -2.15. The highest BCUT2D eigenvalue weighted by atomic mass is 16.6. The van der Waals surface area contributed by atoms with Gasteiger partial charge in [0.2, 0.25) is 0 Å². The van der Waals surface area contributed by atoms with Crippen LogP contribution in [0.15, 0.2) is 149 Å². The Kier molecular flexibility index (Phi) is 7.69. The van der Waals surface area contributed by atoms with Gasteiger partial charge in [0.25, 0.3) is 11.6 Å². The fourth-order valence-electron chi connectivity index (χ4n) is 5.93. The van der Waals surface area contributed by atoms with Crippen molar-refractivity contribution >= 4 is 39.6 Å². The summed E-state index contributed by atoms with van der Waals surface area (Å²) >= 11 is 0. The largest absolute Gasteiger partial charge is 0.331 e. The second-order valence-electron chi connectivity index (χ2n) is 10.9. The zero-order valence-corrected chi connectivity index (χ0v) is 25.0. The zero-order chi connectivity index (χ0) is 32.3. The molecular weight excluding hydrogens is 590 g/mol. The molecule has 1 N–H and O–H groups in total. The number of benzene rings is 5. The summed E-state index contributed by atoms with van der Waals surface area (Å²) in [5.74, 6) is -0.362. The molecule has 0 aliphatic carbocycles. The van der Waals surface area contributed by atoms with E-state index in [-0.39, 0.29) is 23.6 Å². The van der Waals surface area contributed by atoms with Gasteiger partial charge < -0.3 is 9.13 Å². The van der Waals surface area contributed by atoms with Crippen LogP contribution in [0.1, 0.15) is 5.56 Å². The van der Waals surface area contributed by atoms with Gasteiger partial charge in [-0.3, -0.25) is 19.7 Å². The van der Waals surface area contributed by atoms with Crippen LogP contribution >= 0.6 is 0 Å². The van der Waals surface area contributed by atoms with Crippen molar-refractivity contribution in [3.8, 4) is 28.2 Å². The summed E-state index contributed by atoms with van der Waals surface area (Å²) in [6.45, 7) is -0.0523. The van der Waals surface area contributed by atoms with E-state index in [1.165, 1.54) is 12.1 Å². The van der Waals surface area contributed by atoms with Crippen LogP contribution in [-0.4, -0.2) is 26.2 Å². The molecule has 2 aromatic heterocycles. The molecule has 0 spiro atoms. The molecule has 5 aromatic carbocycles. The number of nitrogens with zero attached hydrogens (tertiary/aromatic N) is 4. The van der Waals surface area contributed by atoms with Crippen LogP contribution in [0.3, 0.4) is 0 Å². The van der Waals surface area contributed by atoms with E-state index < -0.39 is 4.92 Å².